The number of rotatable bonds is 14. The molecule has 37 heavy (non-hydrogen) atoms. The number of hydrogen-bond acceptors (Lipinski definition) is 7. The molecule has 0 aliphatic heterocycles. The second-order valence-corrected chi connectivity index (χ2v) is 11.2. The van der Waals surface area contributed by atoms with Gasteiger partial charge in [-0.15, -0.1) is 0 Å². The predicted octanol–water partition coefficient (Wildman–Crippen LogP) is 2.72. The minimum absolute atomic E-state index is 0.0471. The highest BCUT2D eigenvalue weighted by molar-refractivity contribution is 7.89. The number of ether oxygens (including phenoxy) is 2. The van der Waals surface area contributed by atoms with Crippen molar-refractivity contribution in [3.63, 3.8) is 0 Å². The molecule has 206 valence electrons. The number of methoxy groups -OCH3 is 1. The Morgan fingerprint density at radius 3 is 2.24 bits per heavy atom. The Kier molecular flexibility index (Phi) is 11.3. The molecule has 0 fully saturated rings. The van der Waals surface area contributed by atoms with E-state index >= 15 is 0 Å². The summed E-state index contributed by atoms with van der Waals surface area (Å²) in [5, 5.41) is 3.05. The molecule has 0 unspecified atom stereocenters. The van der Waals surface area contributed by atoms with Crippen LogP contribution >= 0.6 is 0 Å². The number of nitrogens with zero attached hydrogens (tertiary/aromatic N) is 3. The summed E-state index contributed by atoms with van der Waals surface area (Å²) in [4.78, 5) is 16.1. The van der Waals surface area contributed by atoms with Crippen molar-refractivity contribution in [1.82, 2.24) is 14.1 Å². The molecular weight excluding hydrogens is 499 g/mol. The second kappa shape index (κ2) is 13.7. The number of hydrogen-bond donors (Lipinski definition) is 1. The smallest absolute Gasteiger partial charge is 0.248 e. The van der Waals surface area contributed by atoms with Crippen LogP contribution in [0.5, 0.6) is 5.75 Å². The van der Waals surface area contributed by atoms with Gasteiger partial charge in [0.25, 0.3) is 0 Å². The van der Waals surface area contributed by atoms with Crippen LogP contribution in [0, 0.1) is 19.7 Å². The second-order valence-electron chi connectivity index (χ2n) is 9.26. The molecule has 0 aliphatic carbocycles. The van der Waals surface area contributed by atoms with E-state index in [-0.39, 0.29) is 42.9 Å². The molecule has 2 aromatic carbocycles. The Hall–Kier alpha value is -2.73. The topological polar surface area (TPSA) is 91.4 Å². The molecule has 0 saturated carbocycles. The van der Waals surface area contributed by atoms with Gasteiger partial charge in [-0.05, 0) is 68.9 Å². The Morgan fingerprint density at radius 2 is 1.68 bits per heavy atom. The fourth-order valence-corrected chi connectivity index (χ4v) is 5.31. The highest BCUT2D eigenvalue weighted by atomic mass is 32.2. The summed E-state index contributed by atoms with van der Waals surface area (Å²) in [6.45, 7) is 4.99. The number of benzene rings is 2. The Morgan fingerprint density at radius 1 is 1.03 bits per heavy atom. The van der Waals surface area contributed by atoms with E-state index in [1.165, 1.54) is 29.4 Å². The lowest BCUT2D eigenvalue weighted by Gasteiger charge is -2.21. The summed E-state index contributed by atoms with van der Waals surface area (Å²) in [6, 6.07) is 8.21. The highest BCUT2D eigenvalue weighted by Crippen LogP contribution is 2.27. The van der Waals surface area contributed by atoms with Crippen molar-refractivity contribution in [3.8, 4) is 5.75 Å². The Balaban J connectivity index is 1.84. The van der Waals surface area contributed by atoms with E-state index in [0.29, 0.717) is 34.7 Å². The largest absolute Gasteiger partial charge is 0.497 e. The molecular formula is C26H39FN4O5S. The number of sulfonamides is 1. The molecule has 0 heterocycles. The number of aryl methyl sites for hydroxylation is 2. The molecule has 0 saturated heterocycles. The third-order valence-electron chi connectivity index (χ3n) is 5.87. The van der Waals surface area contributed by atoms with Gasteiger partial charge in [0.2, 0.25) is 15.9 Å². The van der Waals surface area contributed by atoms with Crippen LogP contribution < -0.4 is 10.1 Å². The number of carbonyl (C=O) groups is 1. The van der Waals surface area contributed by atoms with Crippen molar-refractivity contribution in [2.45, 2.75) is 25.3 Å². The molecule has 0 radical (unpaired) electrons. The van der Waals surface area contributed by atoms with Crippen molar-refractivity contribution in [3.05, 3.63) is 52.8 Å². The first-order valence-corrected chi connectivity index (χ1v) is 13.4. The van der Waals surface area contributed by atoms with Crippen LogP contribution in [0.25, 0.3) is 0 Å². The van der Waals surface area contributed by atoms with E-state index in [4.69, 9.17) is 9.47 Å². The van der Waals surface area contributed by atoms with Crippen LogP contribution in [0.3, 0.4) is 0 Å². The minimum atomic E-state index is -3.74. The standard InChI is InChI=1S/C26H39FN4O5S/c1-19-14-22(35-7)15-20(2)26(19)37(33,34)31(6)12-13-36-18-25(32)30(5)17-21-8-9-24(23(27)16-21)28-10-11-29(3)4/h8-9,14-16,28H,10-13,17-18H2,1-7H3. The summed E-state index contributed by atoms with van der Waals surface area (Å²) >= 11 is 0. The van der Waals surface area contributed by atoms with Crippen LogP contribution in [0.15, 0.2) is 35.2 Å². The SMILES string of the molecule is COc1cc(C)c(S(=O)(=O)N(C)CCOCC(=O)N(C)Cc2ccc(NCCN(C)C)c(F)c2)c(C)c1. The normalized spacial score (nSPS) is 11.7. The van der Waals surface area contributed by atoms with E-state index in [2.05, 4.69) is 5.32 Å². The fourth-order valence-electron chi connectivity index (χ4n) is 3.75. The van der Waals surface area contributed by atoms with Gasteiger partial charge in [0.15, 0.2) is 0 Å². The van der Waals surface area contributed by atoms with Gasteiger partial charge in [-0.3, -0.25) is 4.79 Å². The van der Waals surface area contributed by atoms with Crippen molar-refractivity contribution in [2.24, 2.45) is 0 Å². The molecule has 0 aliphatic rings. The lowest BCUT2D eigenvalue weighted by Crippen LogP contribution is -2.33. The van der Waals surface area contributed by atoms with Crippen LogP contribution in [-0.4, -0.2) is 96.6 Å². The maximum Gasteiger partial charge on any atom is 0.248 e. The number of likely N-dealkylation sites (N-methyl/N-ethyl adjacent to an activating group) is 3. The average molecular weight is 539 g/mol. The number of carbonyl (C=O) groups excluding carboxylic acids is 1. The maximum atomic E-state index is 14.4. The first kappa shape index (κ1) is 30.5. The zero-order valence-corrected chi connectivity index (χ0v) is 23.6. The van der Waals surface area contributed by atoms with Gasteiger partial charge in [-0.1, -0.05) is 6.07 Å². The number of anilines is 1. The molecule has 0 aromatic heterocycles. The number of amides is 1. The molecule has 9 nitrogen and oxygen atoms in total. The third-order valence-corrected chi connectivity index (χ3v) is 8.03. The summed E-state index contributed by atoms with van der Waals surface area (Å²) in [7, 11) is 4.77. The lowest BCUT2D eigenvalue weighted by molar-refractivity contribution is -0.135. The summed E-state index contributed by atoms with van der Waals surface area (Å²) in [6.07, 6.45) is 0. The Bertz CT molecular complexity index is 1150. The van der Waals surface area contributed by atoms with Gasteiger partial charge in [-0.2, -0.15) is 4.31 Å². The van der Waals surface area contributed by atoms with Crippen molar-refractivity contribution >= 4 is 21.6 Å². The van der Waals surface area contributed by atoms with E-state index < -0.39 is 10.0 Å². The van der Waals surface area contributed by atoms with Gasteiger partial charge < -0.3 is 24.6 Å². The van der Waals surface area contributed by atoms with Crippen molar-refractivity contribution < 1.29 is 27.1 Å². The van der Waals surface area contributed by atoms with Gasteiger partial charge >= 0.3 is 0 Å². The first-order chi connectivity index (χ1) is 17.4. The molecule has 11 heteroatoms. The molecule has 2 aromatic rings. The van der Waals surface area contributed by atoms with Gasteiger partial charge in [0, 0.05) is 40.3 Å². The van der Waals surface area contributed by atoms with E-state index in [0.717, 1.165) is 6.54 Å². The van der Waals surface area contributed by atoms with Crippen LogP contribution in [0.1, 0.15) is 16.7 Å². The maximum absolute atomic E-state index is 14.4. The average Bonchev–Trinajstić information content (AvgIpc) is 2.81. The fraction of sp³-hybridized carbons (Fsp3) is 0.500. The number of halogens is 1. The van der Waals surface area contributed by atoms with Gasteiger partial charge in [-0.25, -0.2) is 12.8 Å². The number of nitrogens with one attached hydrogen (secondary N) is 1. The van der Waals surface area contributed by atoms with Crippen LogP contribution in [-0.2, 0) is 26.1 Å². The van der Waals surface area contributed by atoms with E-state index in [9.17, 15) is 17.6 Å². The zero-order valence-electron chi connectivity index (χ0n) is 22.8. The molecule has 0 atom stereocenters. The Labute approximate surface area is 220 Å². The van der Waals surface area contributed by atoms with Crippen molar-refractivity contribution in [1.29, 1.82) is 0 Å². The van der Waals surface area contributed by atoms with Crippen molar-refractivity contribution in [2.75, 3.05) is 73.5 Å². The first-order valence-electron chi connectivity index (χ1n) is 12.0. The minimum Gasteiger partial charge on any atom is -0.497 e. The monoisotopic (exact) mass is 538 g/mol. The molecule has 0 spiro atoms. The third kappa shape index (κ3) is 8.67. The summed E-state index contributed by atoms with van der Waals surface area (Å²) in [5.74, 6) is -0.0706. The molecule has 1 N–H and O–H groups in total. The van der Waals surface area contributed by atoms with Gasteiger partial charge in [0.1, 0.15) is 18.2 Å². The highest BCUT2D eigenvalue weighted by Gasteiger charge is 2.25. The predicted molar refractivity (Wildman–Crippen MR) is 143 cm³/mol. The van der Waals surface area contributed by atoms with E-state index in [1.807, 2.05) is 19.0 Å². The van der Waals surface area contributed by atoms with Gasteiger partial charge in [0.05, 0.1) is 24.3 Å². The van der Waals surface area contributed by atoms with Crippen LogP contribution in [0.4, 0.5) is 10.1 Å². The van der Waals surface area contributed by atoms with E-state index in [1.54, 1.807) is 45.2 Å². The lowest BCUT2D eigenvalue weighted by atomic mass is 10.1. The quantitative estimate of drug-likeness (QED) is 0.370. The molecule has 1 amide bonds. The molecule has 0 bridgehead atoms. The molecule has 2 rings (SSSR count). The summed E-state index contributed by atoms with van der Waals surface area (Å²) < 4.78 is 52.4. The summed E-state index contributed by atoms with van der Waals surface area (Å²) in [5.41, 5.74) is 2.26. The van der Waals surface area contributed by atoms with Crippen LogP contribution in [0.2, 0.25) is 0 Å². The zero-order chi connectivity index (χ0) is 27.8.